The number of hydrogen-bond donors (Lipinski definition) is 1. The Labute approximate surface area is 178 Å². The van der Waals surface area contributed by atoms with Gasteiger partial charge in [0.15, 0.2) is 0 Å². The van der Waals surface area contributed by atoms with Crippen molar-refractivity contribution >= 4 is 11.4 Å². The van der Waals surface area contributed by atoms with Gasteiger partial charge in [-0.2, -0.15) is 0 Å². The molecule has 4 saturated carbocycles. The normalized spacial score (nSPS) is 34.0. The summed E-state index contributed by atoms with van der Waals surface area (Å²) in [6.45, 7) is 5.09. The Kier molecular flexibility index (Phi) is 4.43. The summed E-state index contributed by atoms with van der Waals surface area (Å²) in [6.07, 6.45) is 9.65. The lowest BCUT2D eigenvalue weighted by Crippen LogP contribution is -2.60. The van der Waals surface area contributed by atoms with Gasteiger partial charge in [-0.05, 0) is 75.5 Å². The van der Waals surface area contributed by atoms with E-state index in [2.05, 4.69) is 28.2 Å². The van der Waals surface area contributed by atoms with E-state index in [4.69, 9.17) is 4.98 Å². The van der Waals surface area contributed by atoms with Gasteiger partial charge in [0.25, 0.3) is 5.91 Å². The fourth-order valence-corrected chi connectivity index (χ4v) is 7.16. The second-order valence-corrected chi connectivity index (χ2v) is 10.6. The number of fused-ring (bicyclic) bond motifs is 1. The third-order valence-corrected chi connectivity index (χ3v) is 8.21. The van der Waals surface area contributed by atoms with Crippen molar-refractivity contribution in [3.8, 4) is 0 Å². The predicted molar refractivity (Wildman–Crippen MR) is 116 cm³/mol. The number of piperazine rings is 1. The summed E-state index contributed by atoms with van der Waals surface area (Å²) in [5.74, 6) is 3.04. The van der Waals surface area contributed by atoms with Gasteiger partial charge < -0.3 is 10.2 Å². The van der Waals surface area contributed by atoms with E-state index in [0.717, 1.165) is 61.7 Å². The number of nitrogens with zero attached hydrogens (tertiary/aromatic N) is 4. The summed E-state index contributed by atoms with van der Waals surface area (Å²) in [4.78, 5) is 23.2. The van der Waals surface area contributed by atoms with Crippen molar-refractivity contribution in [3.63, 3.8) is 0 Å². The Hall–Kier alpha value is -1.92. The molecule has 4 bridgehead atoms. The Morgan fingerprint density at radius 2 is 1.73 bits per heavy atom. The first-order valence-electron chi connectivity index (χ1n) is 11.8. The van der Waals surface area contributed by atoms with E-state index in [1.807, 2.05) is 22.7 Å². The van der Waals surface area contributed by atoms with E-state index in [9.17, 15) is 4.79 Å². The smallest absolute Gasteiger partial charge is 0.288 e. The van der Waals surface area contributed by atoms with Crippen molar-refractivity contribution in [1.82, 2.24) is 24.5 Å². The zero-order valence-electron chi connectivity index (χ0n) is 18.0. The number of rotatable bonds is 4. The van der Waals surface area contributed by atoms with E-state index in [1.54, 1.807) is 0 Å². The molecule has 6 nitrogen and oxygen atoms in total. The van der Waals surface area contributed by atoms with Crippen molar-refractivity contribution < 1.29 is 4.79 Å². The Morgan fingerprint density at radius 1 is 1.07 bits per heavy atom. The first-order chi connectivity index (χ1) is 14.6. The van der Waals surface area contributed by atoms with Gasteiger partial charge in [0.2, 0.25) is 5.82 Å². The molecule has 0 atom stereocenters. The van der Waals surface area contributed by atoms with Crippen LogP contribution < -0.4 is 5.32 Å². The van der Waals surface area contributed by atoms with E-state index in [1.165, 1.54) is 38.5 Å². The molecule has 4 aliphatic carbocycles. The molecule has 5 fully saturated rings. The average Bonchev–Trinajstić information content (AvgIpc) is 3.07. The number of carbonyl (C=O) groups is 1. The van der Waals surface area contributed by atoms with Crippen LogP contribution in [0.15, 0.2) is 24.4 Å². The summed E-state index contributed by atoms with van der Waals surface area (Å²) in [6, 6.07) is 6.14. The molecule has 3 heterocycles. The number of aromatic nitrogens is 2. The number of hydrogen-bond acceptors (Lipinski definition) is 4. The van der Waals surface area contributed by atoms with Crippen LogP contribution in [0.4, 0.5) is 0 Å². The first kappa shape index (κ1) is 18.8. The molecule has 0 aromatic carbocycles. The standard InChI is InChI=1S/C24H33N5O/c1-27-6-8-28(9-7-27)16-20-21-4-2-3-5-29(21)22(25-20)23(30)26-24-13-17-10-18(14-24)12-19(11-17)15-24/h2-5,17-19H,6-16H2,1H3,(H,26,30). The lowest BCUT2D eigenvalue weighted by atomic mass is 9.53. The zero-order valence-corrected chi connectivity index (χ0v) is 18.0. The maximum absolute atomic E-state index is 13.5. The number of nitrogens with one attached hydrogen (secondary N) is 1. The highest BCUT2D eigenvalue weighted by Gasteiger charge is 2.51. The molecule has 1 aliphatic heterocycles. The van der Waals surface area contributed by atoms with Gasteiger partial charge in [0.05, 0.1) is 11.2 Å². The van der Waals surface area contributed by atoms with Gasteiger partial charge in [-0.3, -0.25) is 14.1 Å². The fraction of sp³-hybridized carbons (Fsp3) is 0.667. The quantitative estimate of drug-likeness (QED) is 0.847. The molecular formula is C24H33N5O. The summed E-state index contributed by atoms with van der Waals surface area (Å²) in [5.41, 5.74) is 2.10. The van der Waals surface area contributed by atoms with Crippen LogP contribution in [0.1, 0.15) is 54.8 Å². The molecule has 2 aromatic heterocycles. The van der Waals surface area contributed by atoms with Crippen molar-refractivity contribution in [1.29, 1.82) is 0 Å². The largest absolute Gasteiger partial charge is 0.344 e. The van der Waals surface area contributed by atoms with E-state index < -0.39 is 0 Å². The van der Waals surface area contributed by atoms with Crippen LogP contribution in [0.2, 0.25) is 0 Å². The zero-order chi connectivity index (χ0) is 20.3. The van der Waals surface area contributed by atoms with E-state index >= 15 is 0 Å². The maximum atomic E-state index is 13.5. The summed E-state index contributed by atoms with van der Waals surface area (Å²) in [7, 11) is 2.18. The number of likely N-dealkylation sites (N-methyl/N-ethyl adjacent to an activating group) is 1. The van der Waals surface area contributed by atoms with Crippen molar-refractivity contribution in [2.45, 2.75) is 50.6 Å². The Bertz CT molecular complexity index is 922. The molecule has 1 N–H and O–H groups in total. The minimum atomic E-state index is 0.0165. The fourth-order valence-electron chi connectivity index (χ4n) is 7.16. The average molecular weight is 408 g/mol. The molecule has 0 spiro atoms. The van der Waals surface area contributed by atoms with Crippen LogP contribution >= 0.6 is 0 Å². The van der Waals surface area contributed by atoms with Gasteiger partial charge >= 0.3 is 0 Å². The van der Waals surface area contributed by atoms with E-state index in [0.29, 0.717) is 5.82 Å². The molecule has 6 heteroatoms. The van der Waals surface area contributed by atoms with Gasteiger partial charge in [-0.15, -0.1) is 0 Å². The molecular weight excluding hydrogens is 374 g/mol. The molecule has 2 aromatic rings. The first-order valence-corrected chi connectivity index (χ1v) is 11.8. The maximum Gasteiger partial charge on any atom is 0.288 e. The molecule has 0 radical (unpaired) electrons. The van der Waals surface area contributed by atoms with Crippen LogP contribution in [0, 0.1) is 17.8 Å². The van der Waals surface area contributed by atoms with Gasteiger partial charge in [0, 0.05) is 44.5 Å². The van der Waals surface area contributed by atoms with Crippen LogP contribution in [0.25, 0.3) is 5.52 Å². The molecule has 1 amide bonds. The third-order valence-electron chi connectivity index (χ3n) is 8.21. The van der Waals surface area contributed by atoms with Crippen molar-refractivity contribution in [2.75, 3.05) is 33.2 Å². The molecule has 160 valence electrons. The van der Waals surface area contributed by atoms with Gasteiger partial charge in [0.1, 0.15) is 0 Å². The number of imidazole rings is 1. The summed E-state index contributed by atoms with van der Waals surface area (Å²) < 4.78 is 2.00. The second kappa shape index (κ2) is 7.06. The monoisotopic (exact) mass is 407 g/mol. The molecule has 0 unspecified atom stereocenters. The van der Waals surface area contributed by atoms with E-state index in [-0.39, 0.29) is 11.4 Å². The van der Waals surface area contributed by atoms with Crippen LogP contribution in [-0.4, -0.2) is 63.9 Å². The molecule has 5 aliphatic rings. The molecule has 30 heavy (non-hydrogen) atoms. The summed E-state index contributed by atoms with van der Waals surface area (Å²) >= 11 is 0. The predicted octanol–water partition coefficient (Wildman–Crippen LogP) is 2.78. The summed E-state index contributed by atoms with van der Waals surface area (Å²) in [5, 5.41) is 3.51. The number of amides is 1. The topological polar surface area (TPSA) is 52.9 Å². The minimum absolute atomic E-state index is 0.0165. The van der Waals surface area contributed by atoms with Gasteiger partial charge in [-0.25, -0.2) is 4.98 Å². The van der Waals surface area contributed by atoms with Crippen molar-refractivity contribution in [2.24, 2.45) is 17.8 Å². The second-order valence-electron chi connectivity index (χ2n) is 10.6. The van der Waals surface area contributed by atoms with Gasteiger partial charge in [-0.1, -0.05) is 6.07 Å². The molecule has 1 saturated heterocycles. The SMILES string of the molecule is CN1CCN(Cc2nc(C(=O)NC34CC5CC(CC(C5)C3)C4)n3ccccc23)CC1. The lowest BCUT2D eigenvalue weighted by molar-refractivity contribution is -0.0169. The Morgan fingerprint density at radius 3 is 2.40 bits per heavy atom. The van der Waals surface area contributed by atoms with Crippen molar-refractivity contribution in [3.05, 3.63) is 35.9 Å². The highest BCUT2D eigenvalue weighted by atomic mass is 16.2. The Balaban J connectivity index is 1.26. The minimum Gasteiger partial charge on any atom is -0.344 e. The number of carbonyl (C=O) groups excluding carboxylic acids is 1. The van der Waals surface area contributed by atoms with Crippen LogP contribution in [0.5, 0.6) is 0 Å². The highest BCUT2D eigenvalue weighted by molar-refractivity contribution is 5.92. The van der Waals surface area contributed by atoms with Crippen LogP contribution in [0.3, 0.4) is 0 Å². The van der Waals surface area contributed by atoms with Crippen LogP contribution in [-0.2, 0) is 6.54 Å². The molecule has 7 rings (SSSR count). The number of pyridine rings is 1. The third kappa shape index (κ3) is 3.25. The highest BCUT2D eigenvalue weighted by Crippen LogP contribution is 2.55. The lowest BCUT2D eigenvalue weighted by Gasteiger charge is -2.56.